The van der Waals surface area contributed by atoms with E-state index in [4.69, 9.17) is 0 Å². The van der Waals surface area contributed by atoms with Crippen LogP contribution in [0, 0.1) is 5.92 Å². The molecule has 21 heavy (non-hydrogen) atoms. The van der Waals surface area contributed by atoms with Crippen LogP contribution in [0.3, 0.4) is 0 Å². The summed E-state index contributed by atoms with van der Waals surface area (Å²) in [4.78, 5) is 17.8. The summed E-state index contributed by atoms with van der Waals surface area (Å²) in [6, 6.07) is 1.15. The van der Waals surface area contributed by atoms with Crippen molar-refractivity contribution in [1.82, 2.24) is 15.1 Å². The monoisotopic (exact) mass is 293 g/mol. The fourth-order valence-corrected chi connectivity index (χ4v) is 4.62. The van der Waals surface area contributed by atoms with Gasteiger partial charge in [-0.2, -0.15) is 0 Å². The molecule has 1 N–H and O–H groups in total. The first-order valence-electron chi connectivity index (χ1n) is 8.94. The third-order valence-electron chi connectivity index (χ3n) is 5.48. The van der Waals surface area contributed by atoms with Crippen LogP contribution >= 0.6 is 0 Å². The molecule has 3 saturated heterocycles. The molecule has 3 heterocycles. The third kappa shape index (κ3) is 2.85. The van der Waals surface area contributed by atoms with Gasteiger partial charge in [0.2, 0.25) is 5.91 Å². The van der Waals surface area contributed by atoms with Gasteiger partial charge < -0.3 is 4.90 Å². The molecular formula is C17H31N3O. The average Bonchev–Trinajstić information content (AvgIpc) is 3.07. The lowest BCUT2D eigenvalue weighted by atomic mass is 10.0. The van der Waals surface area contributed by atoms with E-state index in [1.807, 2.05) is 0 Å². The maximum absolute atomic E-state index is 12.9. The minimum Gasteiger partial charge on any atom is -0.321 e. The molecule has 4 atom stereocenters. The largest absolute Gasteiger partial charge is 0.321 e. The molecule has 4 nitrogen and oxygen atoms in total. The normalized spacial score (nSPS) is 37.0. The van der Waals surface area contributed by atoms with Crippen molar-refractivity contribution in [1.29, 1.82) is 0 Å². The zero-order valence-corrected chi connectivity index (χ0v) is 13.8. The first-order valence-corrected chi connectivity index (χ1v) is 8.94. The Morgan fingerprint density at radius 1 is 1.24 bits per heavy atom. The second kappa shape index (κ2) is 6.25. The molecule has 4 heteroatoms. The highest BCUT2D eigenvalue weighted by Gasteiger charge is 2.48. The molecule has 3 aliphatic rings. The van der Waals surface area contributed by atoms with Crippen molar-refractivity contribution < 1.29 is 4.79 Å². The van der Waals surface area contributed by atoms with Crippen molar-refractivity contribution in [2.24, 2.45) is 5.92 Å². The smallest absolute Gasteiger partial charge is 0.241 e. The summed E-state index contributed by atoms with van der Waals surface area (Å²) in [6.07, 6.45) is 7.16. The van der Waals surface area contributed by atoms with E-state index in [9.17, 15) is 4.79 Å². The molecule has 0 aromatic heterocycles. The van der Waals surface area contributed by atoms with Gasteiger partial charge in [-0.3, -0.25) is 15.0 Å². The number of hydrogen-bond acceptors (Lipinski definition) is 3. The number of nitrogens with zero attached hydrogens (tertiary/aromatic N) is 2. The minimum absolute atomic E-state index is 0.0641. The Labute approximate surface area is 129 Å². The SMILES string of the molecule is CCCC1NC(CC(C)C)N(C2CCN3CCCC23)C1=O. The quantitative estimate of drug-likeness (QED) is 0.844. The zero-order valence-electron chi connectivity index (χ0n) is 13.8. The van der Waals surface area contributed by atoms with Gasteiger partial charge in [-0.1, -0.05) is 27.2 Å². The molecule has 0 aromatic carbocycles. The Bertz CT molecular complexity index is 384. The topological polar surface area (TPSA) is 35.6 Å². The van der Waals surface area contributed by atoms with E-state index in [2.05, 4.69) is 35.9 Å². The second-order valence-electron chi connectivity index (χ2n) is 7.50. The molecule has 0 radical (unpaired) electrons. The summed E-state index contributed by atoms with van der Waals surface area (Å²) >= 11 is 0. The van der Waals surface area contributed by atoms with E-state index < -0.39 is 0 Å². The van der Waals surface area contributed by atoms with Gasteiger partial charge in [-0.25, -0.2) is 0 Å². The van der Waals surface area contributed by atoms with Crippen LogP contribution in [0.25, 0.3) is 0 Å². The van der Waals surface area contributed by atoms with E-state index in [0.717, 1.165) is 19.3 Å². The molecule has 1 amide bonds. The van der Waals surface area contributed by atoms with Crippen LogP contribution in [0.2, 0.25) is 0 Å². The summed E-state index contributed by atoms with van der Waals surface area (Å²) in [6.45, 7) is 9.11. The highest BCUT2D eigenvalue weighted by Crippen LogP contribution is 2.35. The molecule has 0 aromatic rings. The van der Waals surface area contributed by atoms with Crippen molar-refractivity contribution in [2.45, 2.75) is 83.6 Å². The molecule has 0 aliphatic carbocycles. The predicted octanol–water partition coefficient (Wildman–Crippen LogP) is 2.20. The van der Waals surface area contributed by atoms with Gasteiger partial charge in [0, 0.05) is 12.6 Å². The summed E-state index contributed by atoms with van der Waals surface area (Å²) < 4.78 is 0. The Morgan fingerprint density at radius 3 is 2.76 bits per heavy atom. The minimum atomic E-state index is 0.0641. The fraction of sp³-hybridized carbons (Fsp3) is 0.941. The number of carbonyl (C=O) groups is 1. The fourth-order valence-electron chi connectivity index (χ4n) is 4.62. The second-order valence-corrected chi connectivity index (χ2v) is 7.50. The predicted molar refractivity (Wildman–Crippen MR) is 84.9 cm³/mol. The Hall–Kier alpha value is -0.610. The van der Waals surface area contributed by atoms with Gasteiger partial charge in [0.05, 0.1) is 18.2 Å². The summed E-state index contributed by atoms with van der Waals surface area (Å²) in [7, 11) is 0. The number of rotatable bonds is 5. The first-order chi connectivity index (χ1) is 10.1. The average molecular weight is 293 g/mol. The number of nitrogens with one attached hydrogen (secondary N) is 1. The van der Waals surface area contributed by atoms with E-state index in [0.29, 0.717) is 23.9 Å². The van der Waals surface area contributed by atoms with Gasteiger partial charge in [0.1, 0.15) is 0 Å². The maximum Gasteiger partial charge on any atom is 0.241 e. The molecule has 3 rings (SSSR count). The number of hydrogen-bond donors (Lipinski definition) is 1. The van der Waals surface area contributed by atoms with Gasteiger partial charge in [0.25, 0.3) is 0 Å². The molecule has 120 valence electrons. The van der Waals surface area contributed by atoms with E-state index >= 15 is 0 Å². The highest BCUT2D eigenvalue weighted by atomic mass is 16.2. The molecule has 0 bridgehead atoms. The van der Waals surface area contributed by atoms with Crippen molar-refractivity contribution >= 4 is 5.91 Å². The lowest BCUT2D eigenvalue weighted by molar-refractivity contribution is -0.133. The van der Waals surface area contributed by atoms with Crippen LogP contribution < -0.4 is 5.32 Å². The van der Waals surface area contributed by atoms with Crippen molar-refractivity contribution in [3.05, 3.63) is 0 Å². The molecule has 4 unspecified atom stereocenters. The van der Waals surface area contributed by atoms with Crippen molar-refractivity contribution in [2.75, 3.05) is 13.1 Å². The lowest BCUT2D eigenvalue weighted by Crippen LogP contribution is -2.49. The lowest BCUT2D eigenvalue weighted by Gasteiger charge is -2.34. The van der Waals surface area contributed by atoms with Crippen molar-refractivity contribution in [3.8, 4) is 0 Å². The molecule has 0 saturated carbocycles. The standard InChI is InChI=1S/C17H31N3O/c1-4-6-13-17(21)20(16(18-13)11-12(2)3)15-8-10-19-9-5-7-14(15)19/h12-16,18H,4-11H2,1-3H3. The zero-order chi connectivity index (χ0) is 15.0. The van der Waals surface area contributed by atoms with Gasteiger partial charge in [-0.15, -0.1) is 0 Å². The van der Waals surface area contributed by atoms with Crippen LogP contribution in [0.5, 0.6) is 0 Å². The molecule has 3 fully saturated rings. The summed E-state index contributed by atoms with van der Waals surface area (Å²) in [5, 5.41) is 3.64. The third-order valence-corrected chi connectivity index (χ3v) is 5.48. The van der Waals surface area contributed by atoms with Gasteiger partial charge >= 0.3 is 0 Å². The Kier molecular flexibility index (Phi) is 4.55. The number of carbonyl (C=O) groups excluding carboxylic acids is 1. The Morgan fingerprint density at radius 2 is 2.05 bits per heavy atom. The van der Waals surface area contributed by atoms with E-state index in [1.165, 1.54) is 32.4 Å². The van der Waals surface area contributed by atoms with E-state index in [1.54, 1.807) is 0 Å². The van der Waals surface area contributed by atoms with Crippen LogP contribution in [0.15, 0.2) is 0 Å². The number of amides is 1. The summed E-state index contributed by atoms with van der Waals surface area (Å²) in [5.41, 5.74) is 0. The summed E-state index contributed by atoms with van der Waals surface area (Å²) in [5.74, 6) is 1.00. The van der Waals surface area contributed by atoms with Crippen LogP contribution in [0.1, 0.15) is 59.3 Å². The van der Waals surface area contributed by atoms with E-state index in [-0.39, 0.29) is 12.2 Å². The molecule has 3 aliphatic heterocycles. The number of fused-ring (bicyclic) bond motifs is 1. The van der Waals surface area contributed by atoms with Gasteiger partial charge in [0.15, 0.2) is 0 Å². The maximum atomic E-state index is 12.9. The van der Waals surface area contributed by atoms with Gasteiger partial charge in [-0.05, 0) is 44.6 Å². The van der Waals surface area contributed by atoms with Crippen LogP contribution in [-0.2, 0) is 4.79 Å². The highest BCUT2D eigenvalue weighted by molar-refractivity contribution is 5.84. The van der Waals surface area contributed by atoms with Crippen LogP contribution in [-0.4, -0.2) is 53.1 Å². The Balaban J connectivity index is 1.77. The molecule has 0 spiro atoms. The first kappa shape index (κ1) is 15.3. The molecular weight excluding hydrogens is 262 g/mol. The van der Waals surface area contributed by atoms with Crippen LogP contribution in [0.4, 0.5) is 0 Å². The van der Waals surface area contributed by atoms with Crippen molar-refractivity contribution in [3.63, 3.8) is 0 Å².